The zero-order valence-electron chi connectivity index (χ0n) is 9.84. The van der Waals surface area contributed by atoms with Crippen molar-refractivity contribution in [2.75, 3.05) is 24.0 Å². The molecule has 0 spiro atoms. The molecule has 1 heterocycles. The van der Waals surface area contributed by atoms with Gasteiger partial charge in [0.05, 0.1) is 0 Å². The molecule has 4 nitrogen and oxygen atoms in total. The van der Waals surface area contributed by atoms with Gasteiger partial charge in [-0.3, -0.25) is 0 Å². The van der Waals surface area contributed by atoms with Gasteiger partial charge in [-0.25, -0.2) is 9.97 Å². The van der Waals surface area contributed by atoms with Crippen LogP contribution < -0.4 is 4.90 Å². The van der Waals surface area contributed by atoms with Crippen molar-refractivity contribution in [1.82, 2.24) is 9.97 Å². The number of rotatable bonds is 5. The molecule has 86 valence electrons. The summed E-state index contributed by atoms with van der Waals surface area (Å²) in [5.41, 5.74) is 0.390. The molecule has 1 aromatic heterocycles. The Labute approximate surface area is 101 Å². The van der Waals surface area contributed by atoms with Crippen LogP contribution in [0.15, 0.2) is 12.4 Å². The van der Waals surface area contributed by atoms with E-state index in [2.05, 4.69) is 29.2 Å². The highest BCUT2D eigenvalue weighted by Crippen LogP contribution is 2.17. The molecule has 1 atom stereocenters. The van der Waals surface area contributed by atoms with E-state index in [9.17, 15) is 0 Å². The Bertz CT molecular complexity index is 374. The SMILES string of the molecule is CSCCC(C)N(C)c1nccnc1C#N. The monoisotopic (exact) mass is 236 g/mol. The maximum Gasteiger partial charge on any atom is 0.183 e. The van der Waals surface area contributed by atoms with Crippen LogP contribution in [0.3, 0.4) is 0 Å². The van der Waals surface area contributed by atoms with E-state index >= 15 is 0 Å². The van der Waals surface area contributed by atoms with Crippen molar-refractivity contribution < 1.29 is 0 Å². The Hall–Kier alpha value is -1.28. The maximum atomic E-state index is 8.94. The van der Waals surface area contributed by atoms with Crippen molar-refractivity contribution in [2.45, 2.75) is 19.4 Å². The van der Waals surface area contributed by atoms with Gasteiger partial charge in [0.1, 0.15) is 6.07 Å². The van der Waals surface area contributed by atoms with Crippen LogP contribution in [0.2, 0.25) is 0 Å². The van der Waals surface area contributed by atoms with Crippen molar-refractivity contribution in [3.63, 3.8) is 0 Å². The minimum absolute atomic E-state index is 0.358. The van der Waals surface area contributed by atoms with Gasteiger partial charge in [-0.05, 0) is 25.4 Å². The summed E-state index contributed by atoms with van der Waals surface area (Å²) in [4.78, 5) is 10.2. The van der Waals surface area contributed by atoms with E-state index < -0.39 is 0 Å². The summed E-state index contributed by atoms with van der Waals surface area (Å²) in [6.45, 7) is 2.13. The van der Waals surface area contributed by atoms with Gasteiger partial charge in [0.2, 0.25) is 0 Å². The van der Waals surface area contributed by atoms with Crippen molar-refractivity contribution >= 4 is 17.6 Å². The fourth-order valence-corrected chi connectivity index (χ4v) is 1.94. The predicted octanol–water partition coefficient (Wildman–Crippen LogP) is 1.93. The summed E-state index contributed by atoms with van der Waals surface area (Å²) in [5, 5.41) is 8.94. The summed E-state index contributed by atoms with van der Waals surface area (Å²) >= 11 is 1.82. The average molecular weight is 236 g/mol. The molecule has 0 aromatic carbocycles. The second-order valence-corrected chi connectivity index (χ2v) is 4.57. The van der Waals surface area contributed by atoms with Gasteiger partial charge in [-0.2, -0.15) is 17.0 Å². The van der Waals surface area contributed by atoms with Crippen LogP contribution in [0.5, 0.6) is 0 Å². The molecule has 0 fully saturated rings. The van der Waals surface area contributed by atoms with E-state index in [-0.39, 0.29) is 0 Å². The normalized spacial score (nSPS) is 11.9. The van der Waals surface area contributed by atoms with E-state index in [1.54, 1.807) is 12.4 Å². The molecular formula is C11H16N4S. The molecule has 0 aliphatic carbocycles. The lowest BCUT2D eigenvalue weighted by Gasteiger charge is -2.25. The quantitative estimate of drug-likeness (QED) is 0.782. The first-order chi connectivity index (χ1) is 7.70. The maximum absolute atomic E-state index is 8.94. The summed E-state index contributed by atoms with van der Waals surface area (Å²) in [6.07, 6.45) is 6.32. The van der Waals surface area contributed by atoms with Gasteiger partial charge in [-0.1, -0.05) is 0 Å². The van der Waals surface area contributed by atoms with Crippen molar-refractivity contribution in [3.05, 3.63) is 18.1 Å². The third kappa shape index (κ3) is 3.11. The molecule has 1 unspecified atom stereocenters. The summed E-state index contributed by atoms with van der Waals surface area (Å²) in [6, 6.07) is 2.42. The van der Waals surface area contributed by atoms with Crippen LogP contribution in [-0.2, 0) is 0 Å². The number of hydrogen-bond acceptors (Lipinski definition) is 5. The zero-order valence-corrected chi connectivity index (χ0v) is 10.7. The Morgan fingerprint density at radius 1 is 1.50 bits per heavy atom. The molecule has 1 rings (SSSR count). The van der Waals surface area contributed by atoms with Crippen LogP contribution in [-0.4, -0.2) is 35.1 Å². The molecule has 0 aliphatic heterocycles. The Morgan fingerprint density at radius 3 is 2.81 bits per heavy atom. The van der Waals surface area contributed by atoms with E-state index in [1.807, 2.05) is 23.7 Å². The minimum Gasteiger partial charge on any atom is -0.355 e. The Kier molecular flexibility index (Phi) is 5.06. The second-order valence-electron chi connectivity index (χ2n) is 3.58. The summed E-state index contributed by atoms with van der Waals surface area (Å²) in [5.74, 6) is 1.77. The molecule has 0 bridgehead atoms. The highest BCUT2D eigenvalue weighted by molar-refractivity contribution is 7.98. The molecular weight excluding hydrogens is 220 g/mol. The van der Waals surface area contributed by atoms with Crippen LogP contribution >= 0.6 is 11.8 Å². The van der Waals surface area contributed by atoms with E-state index in [0.717, 1.165) is 12.2 Å². The number of thioether (sulfide) groups is 1. The first kappa shape index (κ1) is 12.8. The Morgan fingerprint density at radius 2 is 2.19 bits per heavy atom. The second kappa shape index (κ2) is 6.33. The summed E-state index contributed by atoms with van der Waals surface area (Å²) in [7, 11) is 1.95. The molecule has 0 radical (unpaired) electrons. The van der Waals surface area contributed by atoms with Crippen LogP contribution in [0.1, 0.15) is 19.0 Å². The first-order valence-electron chi connectivity index (χ1n) is 5.13. The average Bonchev–Trinajstić information content (AvgIpc) is 2.34. The van der Waals surface area contributed by atoms with Crippen LogP contribution in [0.4, 0.5) is 5.82 Å². The molecule has 0 saturated heterocycles. The smallest absolute Gasteiger partial charge is 0.183 e. The van der Waals surface area contributed by atoms with Crippen LogP contribution in [0.25, 0.3) is 0 Å². The molecule has 0 N–H and O–H groups in total. The van der Waals surface area contributed by atoms with Crippen LogP contribution in [0, 0.1) is 11.3 Å². The van der Waals surface area contributed by atoms with Crippen molar-refractivity contribution in [2.24, 2.45) is 0 Å². The zero-order chi connectivity index (χ0) is 12.0. The molecule has 1 aromatic rings. The number of anilines is 1. The van der Waals surface area contributed by atoms with Gasteiger partial charge in [0.25, 0.3) is 0 Å². The van der Waals surface area contributed by atoms with Gasteiger partial charge < -0.3 is 4.90 Å². The topological polar surface area (TPSA) is 52.8 Å². The van der Waals surface area contributed by atoms with Gasteiger partial charge in [0.15, 0.2) is 11.5 Å². The lowest BCUT2D eigenvalue weighted by Crippen LogP contribution is -2.31. The van der Waals surface area contributed by atoms with Gasteiger partial charge in [-0.15, -0.1) is 0 Å². The highest BCUT2D eigenvalue weighted by atomic mass is 32.2. The predicted molar refractivity (Wildman–Crippen MR) is 67.6 cm³/mol. The summed E-state index contributed by atoms with van der Waals surface area (Å²) < 4.78 is 0. The fraction of sp³-hybridized carbons (Fsp3) is 0.545. The van der Waals surface area contributed by atoms with Crippen molar-refractivity contribution in [1.29, 1.82) is 5.26 Å². The van der Waals surface area contributed by atoms with E-state index in [0.29, 0.717) is 17.6 Å². The molecule has 0 amide bonds. The number of nitrogens with zero attached hydrogens (tertiary/aromatic N) is 4. The standard InChI is InChI=1S/C11H16N4S/c1-9(4-7-16-3)15(2)11-10(8-12)13-5-6-14-11/h5-6,9H,4,7H2,1-3H3. The Balaban J connectivity index is 2.79. The van der Waals surface area contributed by atoms with Gasteiger partial charge in [0, 0.05) is 25.5 Å². The third-order valence-corrected chi connectivity index (χ3v) is 3.16. The number of hydrogen-bond donors (Lipinski definition) is 0. The van der Waals surface area contributed by atoms with Gasteiger partial charge >= 0.3 is 0 Å². The fourth-order valence-electron chi connectivity index (χ4n) is 1.36. The largest absolute Gasteiger partial charge is 0.355 e. The molecule has 5 heteroatoms. The molecule has 16 heavy (non-hydrogen) atoms. The highest BCUT2D eigenvalue weighted by Gasteiger charge is 2.14. The lowest BCUT2D eigenvalue weighted by molar-refractivity contribution is 0.660. The third-order valence-electron chi connectivity index (χ3n) is 2.52. The molecule has 0 saturated carbocycles. The van der Waals surface area contributed by atoms with E-state index in [4.69, 9.17) is 5.26 Å². The first-order valence-corrected chi connectivity index (χ1v) is 6.53. The van der Waals surface area contributed by atoms with E-state index in [1.165, 1.54) is 0 Å². The molecule has 0 aliphatic rings. The number of nitriles is 1. The minimum atomic E-state index is 0.358. The van der Waals surface area contributed by atoms with Crippen molar-refractivity contribution in [3.8, 4) is 6.07 Å². The number of aromatic nitrogens is 2. The lowest BCUT2D eigenvalue weighted by atomic mass is 10.2.